The number of hydrogen-bond donors (Lipinski definition) is 0. The third kappa shape index (κ3) is 2.25. The molecule has 0 bridgehead atoms. The molecular formula is C15H21NOS. The van der Waals surface area contributed by atoms with Crippen LogP contribution in [0.25, 0.3) is 0 Å². The normalized spacial score (nSPS) is 24.0. The molecule has 0 spiro atoms. The molecule has 0 atom stereocenters. The van der Waals surface area contributed by atoms with Crippen LogP contribution in [0.5, 0.6) is 0 Å². The highest BCUT2D eigenvalue weighted by molar-refractivity contribution is 7.14. The second kappa shape index (κ2) is 4.44. The van der Waals surface area contributed by atoms with Crippen molar-refractivity contribution >= 4 is 17.1 Å². The number of thiazole rings is 1. The molecule has 0 aliphatic heterocycles. The highest BCUT2D eigenvalue weighted by atomic mass is 32.1. The first kappa shape index (κ1) is 12.3. The average molecular weight is 263 g/mol. The Labute approximate surface area is 113 Å². The van der Waals surface area contributed by atoms with Gasteiger partial charge in [0.25, 0.3) is 0 Å². The van der Waals surface area contributed by atoms with Crippen molar-refractivity contribution in [3.8, 4) is 0 Å². The van der Waals surface area contributed by atoms with E-state index >= 15 is 0 Å². The lowest BCUT2D eigenvalue weighted by molar-refractivity contribution is 0.0976. The van der Waals surface area contributed by atoms with Crippen molar-refractivity contribution in [3.05, 3.63) is 15.6 Å². The molecule has 1 saturated carbocycles. The van der Waals surface area contributed by atoms with Gasteiger partial charge in [-0.2, -0.15) is 0 Å². The van der Waals surface area contributed by atoms with Crippen molar-refractivity contribution in [2.45, 2.75) is 64.7 Å². The lowest BCUT2D eigenvalue weighted by Crippen LogP contribution is -2.20. The fourth-order valence-electron chi connectivity index (χ4n) is 3.11. The fraction of sp³-hybridized carbons (Fsp3) is 0.733. The van der Waals surface area contributed by atoms with Gasteiger partial charge in [-0.15, -0.1) is 11.3 Å². The van der Waals surface area contributed by atoms with Gasteiger partial charge in [-0.1, -0.05) is 13.8 Å². The Balaban J connectivity index is 1.80. The molecule has 0 saturated heterocycles. The molecule has 2 aliphatic carbocycles. The summed E-state index contributed by atoms with van der Waals surface area (Å²) in [4.78, 5) is 17.6. The molecule has 1 aromatic rings. The molecule has 3 rings (SSSR count). The fourth-order valence-corrected chi connectivity index (χ4v) is 4.36. The minimum atomic E-state index is 0.330. The third-order valence-electron chi connectivity index (χ3n) is 4.47. The maximum absolute atomic E-state index is 11.9. The smallest absolute Gasteiger partial charge is 0.174 e. The molecule has 0 amide bonds. The Morgan fingerprint density at radius 1 is 1.22 bits per heavy atom. The van der Waals surface area contributed by atoms with Crippen LogP contribution in [0.3, 0.4) is 0 Å². The highest BCUT2D eigenvalue weighted by Gasteiger charge is 2.31. The van der Waals surface area contributed by atoms with Crippen molar-refractivity contribution in [3.63, 3.8) is 0 Å². The molecule has 18 heavy (non-hydrogen) atoms. The van der Waals surface area contributed by atoms with Gasteiger partial charge in [0.15, 0.2) is 5.78 Å². The lowest BCUT2D eigenvalue weighted by atomic mass is 9.73. The van der Waals surface area contributed by atoms with Gasteiger partial charge in [0, 0.05) is 12.3 Å². The molecule has 1 fully saturated rings. The summed E-state index contributed by atoms with van der Waals surface area (Å²) in [5.74, 6) is 0.942. The van der Waals surface area contributed by atoms with Crippen molar-refractivity contribution in [1.29, 1.82) is 0 Å². The van der Waals surface area contributed by atoms with Crippen LogP contribution in [0.1, 0.15) is 78.7 Å². The zero-order chi connectivity index (χ0) is 12.8. The van der Waals surface area contributed by atoms with E-state index in [9.17, 15) is 4.79 Å². The summed E-state index contributed by atoms with van der Waals surface area (Å²) in [5, 5.41) is 1.24. The lowest BCUT2D eigenvalue weighted by Gasteiger charge is -2.33. The van der Waals surface area contributed by atoms with Crippen molar-refractivity contribution in [2.24, 2.45) is 5.41 Å². The highest BCUT2D eigenvalue weighted by Crippen LogP contribution is 2.44. The van der Waals surface area contributed by atoms with E-state index in [1.807, 2.05) is 0 Å². The number of carbonyl (C=O) groups is 1. The molecular weight excluding hydrogens is 242 g/mol. The number of nitrogens with zero attached hydrogens (tertiary/aromatic N) is 1. The van der Waals surface area contributed by atoms with Crippen LogP contribution in [-0.2, 0) is 6.42 Å². The number of carbonyl (C=O) groups excluding carboxylic acids is 1. The maximum atomic E-state index is 11.9. The quantitative estimate of drug-likeness (QED) is 0.754. The van der Waals surface area contributed by atoms with Crippen LogP contribution in [0.4, 0.5) is 0 Å². The zero-order valence-corrected chi connectivity index (χ0v) is 12.1. The first-order chi connectivity index (χ1) is 8.55. The van der Waals surface area contributed by atoms with E-state index in [0.717, 1.165) is 29.8 Å². The van der Waals surface area contributed by atoms with Crippen molar-refractivity contribution in [1.82, 2.24) is 4.98 Å². The van der Waals surface area contributed by atoms with Gasteiger partial charge in [-0.05, 0) is 43.9 Å². The number of ketones is 1. The van der Waals surface area contributed by atoms with Crippen LogP contribution in [-0.4, -0.2) is 10.8 Å². The molecule has 0 aromatic carbocycles. The molecule has 98 valence electrons. The number of hydrogen-bond acceptors (Lipinski definition) is 3. The van der Waals surface area contributed by atoms with Crippen LogP contribution in [0.15, 0.2) is 0 Å². The first-order valence-electron chi connectivity index (χ1n) is 7.08. The largest absolute Gasteiger partial charge is 0.293 e. The van der Waals surface area contributed by atoms with Gasteiger partial charge in [0.05, 0.1) is 15.6 Å². The Hall–Kier alpha value is -0.700. The second-order valence-corrected chi connectivity index (χ2v) is 7.57. The molecule has 2 aliphatic rings. The standard InChI is InChI=1S/C15H21NOS/c1-15(2)8-6-10(7-9-15)14-16-11-4-3-5-12(17)13(11)18-14/h10H,3-9H2,1-2H3. The number of aromatic nitrogens is 1. The summed E-state index contributed by atoms with van der Waals surface area (Å²) >= 11 is 1.69. The van der Waals surface area contributed by atoms with Gasteiger partial charge in [0.2, 0.25) is 0 Å². The summed E-state index contributed by atoms with van der Waals surface area (Å²) < 4.78 is 0. The Kier molecular flexibility index (Phi) is 3.05. The van der Waals surface area contributed by atoms with E-state index in [4.69, 9.17) is 4.98 Å². The van der Waals surface area contributed by atoms with Crippen LogP contribution in [0, 0.1) is 5.41 Å². The molecule has 1 aromatic heterocycles. The number of fused-ring (bicyclic) bond motifs is 1. The topological polar surface area (TPSA) is 30.0 Å². The summed E-state index contributed by atoms with van der Waals surface area (Å²) in [6, 6.07) is 0. The van der Waals surface area contributed by atoms with Gasteiger partial charge >= 0.3 is 0 Å². The van der Waals surface area contributed by atoms with Gasteiger partial charge < -0.3 is 0 Å². The van der Waals surface area contributed by atoms with Crippen molar-refractivity contribution in [2.75, 3.05) is 0 Å². The van der Waals surface area contributed by atoms with E-state index in [1.165, 1.54) is 30.7 Å². The SMILES string of the molecule is CC1(C)CCC(c2nc3c(s2)C(=O)CCC3)CC1. The van der Waals surface area contributed by atoms with Crippen LogP contribution < -0.4 is 0 Å². The van der Waals surface area contributed by atoms with E-state index in [0.29, 0.717) is 17.1 Å². The monoisotopic (exact) mass is 263 g/mol. The predicted octanol–water partition coefficient (Wildman–Crippen LogP) is 4.35. The predicted molar refractivity (Wildman–Crippen MR) is 74.4 cm³/mol. The number of Topliss-reactive ketones (excluding diaryl/α,β-unsaturated/α-hetero) is 1. The summed E-state index contributed by atoms with van der Waals surface area (Å²) in [6.07, 6.45) is 7.79. The third-order valence-corrected chi connectivity index (χ3v) is 5.77. The van der Waals surface area contributed by atoms with Crippen molar-refractivity contribution < 1.29 is 4.79 Å². The van der Waals surface area contributed by atoms with E-state index in [2.05, 4.69) is 13.8 Å². The van der Waals surface area contributed by atoms with Gasteiger partial charge in [-0.25, -0.2) is 4.98 Å². The Morgan fingerprint density at radius 3 is 2.61 bits per heavy atom. The molecule has 0 unspecified atom stereocenters. The Morgan fingerprint density at radius 2 is 1.94 bits per heavy atom. The Bertz CT molecular complexity index is 465. The molecule has 0 N–H and O–H groups in total. The first-order valence-corrected chi connectivity index (χ1v) is 7.90. The summed E-state index contributed by atoms with van der Waals surface area (Å²) in [6.45, 7) is 4.72. The number of rotatable bonds is 1. The second-order valence-electron chi connectivity index (χ2n) is 6.54. The van der Waals surface area contributed by atoms with Crippen LogP contribution in [0.2, 0.25) is 0 Å². The molecule has 0 radical (unpaired) electrons. The minimum Gasteiger partial charge on any atom is -0.293 e. The van der Waals surface area contributed by atoms with E-state index in [1.54, 1.807) is 11.3 Å². The zero-order valence-electron chi connectivity index (χ0n) is 11.3. The summed E-state index contributed by atoms with van der Waals surface area (Å²) in [5.41, 5.74) is 1.60. The minimum absolute atomic E-state index is 0.330. The van der Waals surface area contributed by atoms with Gasteiger partial charge in [0.1, 0.15) is 0 Å². The van der Waals surface area contributed by atoms with Crippen LogP contribution >= 0.6 is 11.3 Å². The van der Waals surface area contributed by atoms with Gasteiger partial charge in [-0.3, -0.25) is 4.79 Å². The molecule has 3 heteroatoms. The maximum Gasteiger partial charge on any atom is 0.174 e. The van der Waals surface area contributed by atoms with E-state index in [-0.39, 0.29) is 0 Å². The average Bonchev–Trinajstić information content (AvgIpc) is 2.74. The summed E-state index contributed by atoms with van der Waals surface area (Å²) in [7, 11) is 0. The number of aryl methyl sites for hydroxylation is 1. The molecule has 1 heterocycles. The molecule has 2 nitrogen and oxygen atoms in total. The van der Waals surface area contributed by atoms with E-state index < -0.39 is 0 Å².